The van der Waals surface area contributed by atoms with Crippen molar-refractivity contribution in [3.63, 3.8) is 0 Å². The van der Waals surface area contributed by atoms with E-state index in [1.165, 1.54) is 0 Å². The molecule has 1 aliphatic carbocycles. The first-order valence-corrected chi connectivity index (χ1v) is 10.2. The van der Waals surface area contributed by atoms with Crippen molar-refractivity contribution < 1.29 is 18.9 Å². The topological polar surface area (TPSA) is 117 Å². The first-order chi connectivity index (χ1) is 14.4. The highest BCUT2D eigenvalue weighted by Crippen LogP contribution is 2.35. The SMILES string of the molecule is C[C@H](C(=O)N[C@H](C)c1noc(Cc2ccccc2)n1)N1C(=O)NC2(CCCC2)C1=O. The van der Waals surface area contributed by atoms with Crippen LogP contribution >= 0.6 is 0 Å². The molecular formula is C21H25N5O4. The van der Waals surface area contributed by atoms with Gasteiger partial charge in [-0.15, -0.1) is 0 Å². The minimum absolute atomic E-state index is 0.315. The molecule has 1 saturated heterocycles. The van der Waals surface area contributed by atoms with Crippen molar-refractivity contribution in [3.8, 4) is 0 Å². The van der Waals surface area contributed by atoms with Crippen LogP contribution in [-0.2, 0) is 16.0 Å². The van der Waals surface area contributed by atoms with E-state index in [2.05, 4.69) is 20.8 Å². The monoisotopic (exact) mass is 411 g/mol. The molecule has 1 saturated carbocycles. The molecule has 9 heteroatoms. The summed E-state index contributed by atoms with van der Waals surface area (Å²) in [6.07, 6.45) is 3.51. The molecule has 2 heterocycles. The molecule has 2 aliphatic rings. The highest BCUT2D eigenvalue weighted by Gasteiger charge is 2.54. The first kappa shape index (κ1) is 20.1. The molecule has 0 radical (unpaired) electrons. The van der Waals surface area contributed by atoms with Gasteiger partial charge in [0.05, 0.1) is 12.5 Å². The van der Waals surface area contributed by atoms with Crippen LogP contribution in [0.1, 0.15) is 62.9 Å². The third-order valence-corrected chi connectivity index (χ3v) is 5.85. The lowest BCUT2D eigenvalue weighted by Gasteiger charge is -2.24. The van der Waals surface area contributed by atoms with Gasteiger partial charge < -0.3 is 15.2 Å². The number of hydrogen-bond donors (Lipinski definition) is 2. The van der Waals surface area contributed by atoms with Crippen LogP contribution < -0.4 is 10.6 Å². The molecule has 1 aromatic carbocycles. The molecule has 1 aromatic heterocycles. The Balaban J connectivity index is 1.39. The van der Waals surface area contributed by atoms with Crippen LogP contribution in [-0.4, -0.2) is 44.5 Å². The molecule has 30 heavy (non-hydrogen) atoms. The van der Waals surface area contributed by atoms with Gasteiger partial charge in [-0.1, -0.05) is 48.3 Å². The highest BCUT2D eigenvalue weighted by atomic mass is 16.5. The van der Waals surface area contributed by atoms with Gasteiger partial charge in [-0.3, -0.25) is 9.59 Å². The van der Waals surface area contributed by atoms with Gasteiger partial charge in [-0.2, -0.15) is 4.98 Å². The second kappa shape index (κ2) is 7.89. The molecule has 2 atom stereocenters. The lowest BCUT2D eigenvalue weighted by atomic mass is 9.97. The maximum atomic E-state index is 12.8. The predicted molar refractivity (Wildman–Crippen MR) is 106 cm³/mol. The Morgan fingerprint density at radius 2 is 1.93 bits per heavy atom. The Labute approximate surface area is 174 Å². The van der Waals surface area contributed by atoms with Gasteiger partial charge in [0, 0.05) is 0 Å². The van der Waals surface area contributed by atoms with Gasteiger partial charge >= 0.3 is 6.03 Å². The summed E-state index contributed by atoms with van der Waals surface area (Å²) >= 11 is 0. The lowest BCUT2D eigenvalue weighted by molar-refractivity contribution is -0.138. The summed E-state index contributed by atoms with van der Waals surface area (Å²) in [6, 6.07) is 7.75. The van der Waals surface area contributed by atoms with Gasteiger partial charge in [-0.05, 0) is 32.3 Å². The Hall–Kier alpha value is -3.23. The van der Waals surface area contributed by atoms with Gasteiger partial charge in [0.1, 0.15) is 11.6 Å². The third-order valence-electron chi connectivity index (χ3n) is 5.85. The number of benzene rings is 1. The average Bonchev–Trinajstić information content (AvgIpc) is 3.44. The number of carbonyl (C=O) groups excluding carboxylic acids is 3. The quantitative estimate of drug-likeness (QED) is 0.703. The largest absolute Gasteiger partial charge is 0.344 e. The van der Waals surface area contributed by atoms with Crippen LogP contribution in [0.2, 0.25) is 0 Å². The molecule has 1 aliphatic heterocycles. The minimum Gasteiger partial charge on any atom is -0.344 e. The van der Waals surface area contributed by atoms with Crippen LogP contribution in [0.25, 0.3) is 0 Å². The number of hydrogen-bond acceptors (Lipinski definition) is 6. The van der Waals surface area contributed by atoms with E-state index >= 15 is 0 Å². The summed E-state index contributed by atoms with van der Waals surface area (Å²) < 4.78 is 5.29. The van der Waals surface area contributed by atoms with E-state index in [9.17, 15) is 14.4 Å². The number of urea groups is 1. The number of imide groups is 1. The maximum Gasteiger partial charge on any atom is 0.325 e. The summed E-state index contributed by atoms with van der Waals surface area (Å²) in [6.45, 7) is 3.27. The number of carbonyl (C=O) groups is 3. The standard InChI is InChI=1S/C21H25N5O4/c1-13(17-23-16(30-25-17)12-15-8-4-3-5-9-15)22-18(27)14(2)26-19(28)21(24-20(26)29)10-6-7-11-21/h3-5,8-9,13-14H,6-7,10-12H2,1-2H3,(H,22,27)(H,24,29)/t13-,14-/m1/s1. The number of aromatic nitrogens is 2. The Kier molecular flexibility index (Phi) is 5.27. The highest BCUT2D eigenvalue weighted by molar-refractivity contribution is 6.10. The minimum atomic E-state index is -0.935. The van der Waals surface area contributed by atoms with Crippen molar-refractivity contribution >= 4 is 17.8 Å². The third kappa shape index (κ3) is 3.67. The molecule has 2 N–H and O–H groups in total. The molecule has 2 fully saturated rings. The number of nitrogens with one attached hydrogen (secondary N) is 2. The maximum absolute atomic E-state index is 12.8. The molecule has 4 rings (SSSR count). The van der Waals surface area contributed by atoms with E-state index in [0.717, 1.165) is 23.3 Å². The van der Waals surface area contributed by atoms with Crippen molar-refractivity contribution in [1.29, 1.82) is 0 Å². The molecule has 9 nitrogen and oxygen atoms in total. The van der Waals surface area contributed by atoms with E-state index in [1.54, 1.807) is 13.8 Å². The van der Waals surface area contributed by atoms with Crippen molar-refractivity contribution in [3.05, 3.63) is 47.6 Å². The Morgan fingerprint density at radius 3 is 2.63 bits per heavy atom. The second-order valence-corrected chi connectivity index (χ2v) is 8.01. The molecule has 158 valence electrons. The van der Waals surface area contributed by atoms with E-state index < -0.39 is 29.6 Å². The molecule has 0 unspecified atom stereocenters. The number of amides is 4. The van der Waals surface area contributed by atoms with Crippen molar-refractivity contribution in [1.82, 2.24) is 25.7 Å². The zero-order chi connectivity index (χ0) is 21.3. The Bertz CT molecular complexity index is 951. The summed E-state index contributed by atoms with van der Waals surface area (Å²) in [7, 11) is 0. The Morgan fingerprint density at radius 1 is 1.23 bits per heavy atom. The fourth-order valence-electron chi connectivity index (χ4n) is 4.11. The summed E-state index contributed by atoms with van der Waals surface area (Å²) in [5.41, 5.74) is 0.203. The summed E-state index contributed by atoms with van der Waals surface area (Å²) in [5, 5.41) is 9.52. The molecule has 2 aromatic rings. The van der Waals surface area contributed by atoms with E-state index in [-0.39, 0.29) is 5.91 Å². The van der Waals surface area contributed by atoms with Gasteiger partial charge in [-0.25, -0.2) is 9.69 Å². The van der Waals surface area contributed by atoms with Crippen LogP contribution in [0.5, 0.6) is 0 Å². The fraction of sp³-hybridized carbons (Fsp3) is 0.476. The summed E-state index contributed by atoms with van der Waals surface area (Å²) in [5.74, 6) is 0.0223. The summed E-state index contributed by atoms with van der Waals surface area (Å²) in [4.78, 5) is 43.4. The predicted octanol–water partition coefficient (Wildman–Crippen LogP) is 2.09. The smallest absolute Gasteiger partial charge is 0.325 e. The lowest BCUT2D eigenvalue weighted by Crippen LogP contribution is -2.50. The zero-order valence-corrected chi connectivity index (χ0v) is 17.1. The fourth-order valence-corrected chi connectivity index (χ4v) is 4.11. The normalized spacial score (nSPS) is 19.7. The van der Waals surface area contributed by atoms with Gasteiger partial charge in [0.2, 0.25) is 11.8 Å². The van der Waals surface area contributed by atoms with Crippen LogP contribution in [0.4, 0.5) is 4.79 Å². The average molecular weight is 411 g/mol. The molecular weight excluding hydrogens is 386 g/mol. The molecule has 4 amide bonds. The van der Waals surface area contributed by atoms with Crippen molar-refractivity contribution in [2.24, 2.45) is 0 Å². The molecule has 0 bridgehead atoms. The van der Waals surface area contributed by atoms with E-state index in [1.807, 2.05) is 30.3 Å². The first-order valence-electron chi connectivity index (χ1n) is 10.2. The van der Waals surface area contributed by atoms with Gasteiger partial charge in [0.25, 0.3) is 5.91 Å². The van der Waals surface area contributed by atoms with Crippen molar-refractivity contribution in [2.75, 3.05) is 0 Å². The van der Waals surface area contributed by atoms with E-state index in [4.69, 9.17) is 4.52 Å². The second-order valence-electron chi connectivity index (χ2n) is 8.01. The van der Waals surface area contributed by atoms with Crippen molar-refractivity contribution in [2.45, 2.75) is 63.6 Å². The van der Waals surface area contributed by atoms with Crippen LogP contribution in [0.15, 0.2) is 34.9 Å². The zero-order valence-electron chi connectivity index (χ0n) is 17.1. The number of rotatable bonds is 6. The van der Waals surface area contributed by atoms with Crippen LogP contribution in [0.3, 0.4) is 0 Å². The number of nitrogens with zero attached hydrogens (tertiary/aromatic N) is 3. The van der Waals surface area contributed by atoms with E-state index in [0.29, 0.717) is 31.0 Å². The molecule has 1 spiro atoms. The van der Waals surface area contributed by atoms with Crippen LogP contribution in [0, 0.1) is 0 Å². The van der Waals surface area contributed by atoms with Gasteiger partial charge in [0.15, 0.2) is 5.82 Å².